The van der Waals surface area contributed by atoms with Crippen LogP contribution in [0.15, 0.2) is 48.5 Å². The fraction of sp³-hybridized carbons (Fsp3) is 0.348. The first kappa shape index (κ1) is 20.6. The average molecular weight is 393 g/mol. The molecule has 1 fully saturated rings. The lowest BCUT2D eigenvalue weighted by atomic mass is 10.1. The topological polar surface area (TPSA) is 69.7 Å². The van der Waals surface area contributed by atoms with Crippen molar-refractivity contribution in [3.63, 3.8) is 0 Å². The molecule has 0 aromatic heterocycles. The van der Waals surface area contributed by atoms with Gasteiger partial charge in [0.15, 0.2) is 0 Å². The number of amides is 3. The van der Waals surface area contributed by atoms with E-state index in [4.69, 9.17) is 0 Å². The summed E-state index contributed by atoms with van der Waals surface area (Å²) in [5.41, 5.74) is 3.89. The van der Waals surface area contributed by atoms with E-state index in [0.717, 1.165) is 22.4 Å². The Hall–Kier alpha value is -3.15. The normalized spacial score (nSPS) is 16.0. The standard InChI is InChI=1S/C23H27N3O3/c1-16-8-7-11-20(17(16)2)24-21(27)15-25(3)23(29)19-12-22(28)26(14-19)13-18-9-5-4-6-10-18/h4-11,19H,12-15H2,1-3H3,(H,24,27). The van der Waals surface area contributed by atoms with Crippen molar-refractivity contribution in [1.29, 1.82) is 0 Å². The number of rotatable bonds is 6. The van der Waals surface area contributed by atoms with Crippen LogP contribution in [0.3, 0.4) is 0 Å². The van der Waals surface area contributed by atoms with Gasteiger partial charge in [0, 0.05) is 32.2 Å². The summed E-state index contributed by atoms with van der Waals surface area (Å²) in [6.45, 7) is 4.77. The Morgan fingerprint density at radius 1 is 1.10 bits per heavy atom. The minimum Gasteiger partial charge on any atom is -0.338 e. The van der Waals surface area contributed by atoms with Crippen molar-refractivity contribution in [3.8, 4) is 0 Å². The second kappa shape index (κ2) is 8.90. The Balaban J connectivity index is 1.55. The Morgan fingerprint density at radius 2 is 1.83 bits per heavy atom. The van der Waals surface area contributed by atoms with Crippen molar-refractivity contribution in [1.82, 2.24) is 9.80 Å². The van der Waals surface area contributed by atoms with Gasteiger partial charge in [-0.1, -0.05) is 42.5 Å². The van der Waals surface area contributed by atoms with E-state index in [9.17, 15) is 14.4 Å². The zero-order valence-electron chi connectivity index (χ0n) is 17.1. The van der Waals surface area contributed by atoms with Gasteiger partial charge in [0.25, 0.3) is 0 Å². The lowest BCUT2D eigenvalue weighted by Crippen LogP contribution is -2.39. The van der Waals surface area contributed by atoms with Gasteiger partial charge in [-0.25, -0.2) is 0 Å². The van der Waals surface area contributed by atoms with Gasteiger partial charge in [0.05, 0.1) is 12.5 Å². The molecular weight excluding hydrogens is 366 g/mol. The first-order valence-electron chi connectivity index (χ1n) is 9.78. The van der Waals surface area contributed by atoms with Crippen LogP contribution in [0.25, 0.3) is 0 Å². The first-order chi connectivity index (χ1) is 13.8. The maximum Gasteiger partial charge on any atom is 0.243 e. The lowest BCUT2D eigenvalue weighted by molar-refractivity contribution is -0.137. The molecule has 29 heavy (non-hydrogen) atoms. The number of hydrogen-bond donors (Lipinski definition) is 1. The van der Waals surface area contributed by atoms with Gasteiger partial charge in [0.1, 0.15) is 0 Å². The summed E-state index contributed by atoms with van der Waals surface area (Å²) in [5, 5.41) is 2.87. The Labute approximate surface area is 171 Å². The number of aryl methyl sites for hydroxylation is 1. The molecule has 0 spiro atoms. The summed E-state index contributed by atoms with van der Waals surface area (Å²) >= 11 is 0. The predicted molar refractivity (Wildman–Crippen MR) is 112 cm³/mol. The molecule has 2 aromatic carbocycles. The van der Waals surface area contributed by atoms with Crippen LogP contribution < -0.4 is 5.32 Å². The van der Waals surface area contributed by atoms with E-state index >= 15 is 0 Å². The maximum absolute atomic E-state index is 12.8. The molecule has 0 saturated carbocycles. The molecule has 1 saturated heterocycles. The van der Waals surface area contributed by atoms with E-state index < -0.39 is 5.92 Å². The number of nitrogens with one attached hydrogen (secondary N) is 1. The van der Waals surface area contributed by atoms with Crippen LogP contribution in [0.2, 0.25) is 0 Å². The van der Waals surface area contributed by atoms with Crippen LogP contribution in [-0.4, -0.2) is 47.7 Å². The molecule has 1 unspecified atom stereocenters. The molecule has 1 aliphatic heterocycles. The highest BCUT2D eigenvalue weighted by Gasteiger charge is 2.36. The van der Waals surface area contributed by atoms with Crippen LogP contribution in [0.4, 0.5) is 5.69 Å². The van der Waals surface area contributed by atoms with E-state index in [-0.39, 0.29) is 30.7 Å². The Morgan fingerprint density at radius 3 is 2.55 bits per heavy atom. The molecule has 0 bridgehead atoms. The number of likely N-dealkylation sites (tertiary alicyclic amines) is 1. The van der Waals surface area contributed by atoms with Crippen molar-refractivity contribution in [2.45, 2.75) is 26.8 Å². The number of nitrogens with zero attached hydrogens (tertiary/aromatic N) is 2. The van der Waals surface area contributed by atoms with Crippen LogP contribution >= 0.6 is 0 Å². The van der Waals surface area contributed by atoms with Gasteiger partial charge in [0.2, 0.25) is 17.7 Å². The average Bonchev–Trinajstić information content (AvgIpc) is 3.06. The SMILES string of the molecule is Cc1cccc(NC(=O)CN(C)C(=O)C2CC(=O)N(Cc3ccccc3)C2)c1C. The number of benzene rings is 2. The highest BCUT2D eigenvalue weighted by molar-refractivity contribution is 5.96. The largest absolute Gasteiger partial charge is 0.338 e. The van der Waals surface area contributed by atoms with Crippen LogP contribution in [0, 0.1) is 19.8 Å². The molecule has 0 radical (unpaired) electrons. The van der Waals surface area contributed by atoms with Crippen molar-refractivity contribution >= 4 is 23.4 Å². The fourth-order valence-corrected chi connectivity index (χ4v) is 3.58. The van der Waals surface area contributed by atoms with E-state index in [1.807, 2.05) is 62.4 Å². The maximum atomic E-state index is 12.8. The number of carbonyl (C=O) groups excluding carboxylic acids is 3. The van der Waals surface area contributed by atoms with Gasteiger partial charge in [-0.05, 0) is 36.6 Å². The molecular formula is C23H27N3O3. The predicted octanol–water partition coefficient (Wildman–Crippen LogP) is 2.75. The number of anilines is 1. The minimum absolute atomic E-state index is 0.0274. The van der Waals surface area contributed by atoms with E-state index in [1.165, 1.54) is 4.90 Å². The highest BCUT2D eigenvalue weighted by atomic mass is 16.2. The van der Waals surface area contributed by atoms with Crippen molar-refractivity contribution in [3.05, 3.63) is 65.2 Å². The van der Waals surface area contributed by atoms with E-state index in [2.05, 4.69) is 5.32 Å². The summed E-state index contributed by atoms with van der Waals surface area (Å²) < 4.78 is 0. The smallest absolute Gasteiger partial charge is 0.243 e. The third-order valence-electron chi connectivity index (χ3n) is 5.42. The summed E-state index contributed by atoms with van der Waals surface area (Å²) in [5.74, 6) is -0.866. The van der Waals surface area contributed by atoms with Gasteiger partial charge in [-0.15, -0.1) is 0 Å². The molecule has 1 N–H and O–H groups in total. The van der Waals surface area contributed by atoms with Gasteiger partial charge >= 0.3 is 0 Å². The molecule has 3 rings (SSSR count). The summed E-state index contributed by atoms with van der Waals surface area (Å²) in [7, 11) is 1.61. The van der Waals surface area contributed by atoms with Crippen LogP contribution in [0.1, 0.15) is 23.1 Å². The lowest BCUT2D eigenvalue weighted by Gasteiger charge is -2.21. The zero-order valence-corrected chi connectivity index (χ0v) is 17.1. The molecule has 6 nitrogen and oxygen atoms in total. The highest BCUT2D eigenvalue weighted by Crippen LogP contribution is 2.22. The Bertz CT molecular complexity index is 911. The molecule has 0 aliphatic carbocycles. The molecule has 1 aliphatic rings. The first-order valence-corrected chi connectivity index (χ1v) is 9.78. The van der Waals surface area contributed by atoms with Crippen molar-refractivity contribution in [2.24, 2.45) is 5.92 Å². The molecule has 1 heterocycles. The second-order valence-corrected chi connectivity index (χ2v) is 7.65. The minimum atomic E-state index is -0.412. The summed E-state index contributed by atoms with van der Waals surface area (Å²) in [4.78, 5) is 40.6. The van der Waals surface area contributed by atoms with Crippen molar-refractivity contribution < 1.29 is 14.4 Å². The van der Waals surface area contributed by atoms with Gasteiger partial charge < -0.3 is 15.1 Å². The van der Waals surface area contributed by atoms with E-state index in [1.54, 1.807) is 11.9 Å². The molecule has 3 amide bonds. The summed E-state index contributed by atoms with van der Waals surface area (Å²) in [6, 6.07) is 15.4. The van der Waals surface area contributed by atoms with Crippen LogP contribution in [0.5, 0.6) is 0 Å². The monoisotopic (exact) mass is 393 g/mol. The van der Waals surface area contributed by atoms with E-state index in [0.29, 0.717) is 13.1 Å². The fourth-order valence-electron chi connectivity index (χ4n) is 3.58. The van der Waals surface area contributed by atoms with Crippen molar-refractivity contribution in [2.75, 3.05) is 25.5 Å². The second-order valence-electron chi connectivity index (χ2n) is 7.65. The molecule has 1 atom stereocenters. The molecule has 2 aromatic rings. The molecule has 152 valence electrons. The Kier molecular flexibility index (Phi) is 6.32. The molecule has 6 heteroatoms. The van der Waals surface area contributed by atoms with Gasteiger partial charge in [-0.2, -0.15) is 0 Å². The zero-order chi connectivity index (χ0) is 21.0. The van der Waals surface area contributed by atoms with Crippen LogP contribution in [-0.2, 0) is 20.9 Å². The summed E-state index contributed by atoms with van der Waals surface area (Å²) in [6.07, 6.45) is 0.189. The number of carbonyl (C=O) groups is 3. The van der Waals surface area contributed by atoms with Gasteiger partial charge in [-0.3, -0.25) is 14.4 Å². The number of hydrogen-bond acceptors (Lipinski definition) is 3. The third-order valence-corrected chi connectivity index (χ3v) is 5.42. The number of likely N-dealkylation sites (N-methyl/N-ethyl adjacent to an activating group) is 1. The third kappa shape index (κ3) is 5.02. The quantitative estimate of drug-likeness (QED) is 0.820.